The fraction of sp³-hybridized carbons (Fsp3) is 0.333. The minimum Gasteiger partial charge on any atom is -0.444 e. The van der Waals surface area contributed by atoms with Crippen LogP contribution in [0.4, 0.5) is 5.69 Å². The second-order valence-corrected chi connectivity index (χ2v) is 5.69. The maximum absolute atomic E-state index is 12.2. The lowest BCUT2D eigenvalue weighted by atomic mass is 10.4. The summed E-state index contributed by atoms with van der Waals surface area (Å²) in [5.41, 5.74) is 0.432. The first-order chi connectivity index (χ1) is 9.56. The number of nitrogens with zero attached hydrogens (tertiary/aromatic N) is 2. The Bertz CT molecular complexity index is 682. The molecule has 2 rings (SSSR count). The molecule has 0 spiro atoms. The number of rotatable bonds is 6. The van der Waals surface area contributed by atoms with Crippen LogP contribution in [0.1, 0.15) is 18.6 Å². The van der Waals surface area contributed by atoms with Crippen molar-refractivity contribution in [1.29, 1.82) is 0 Å². The molecule has 2 aromatic heterocycles. The molecule has 0 aromatic carbocycles. The van der Waals surface area contributed by atoms with Crippen molar-refractivity contribution < 1.29 is 12.8 Å². The molecule has 0 saturated carbocycles. The van der Waals surface area contributed by atoms with Gasteiger partial charge in [-0.05, 0) is 12.1 Å². The minimum absolute atomic E-state index is 0.0118. The normalized spacial score (nSPS) is 11.5. The van der Waals surface area contributed by atoms with Crippen molar-refractivity contribution in [3.05, 3.63) is 36.2 Å². The highest BCUT2D eigenvalue weighted by Gasteiger charge is 2.20. The number of nitrogens with one attached hydrogen (secondary N) is 2. The third-order valence-electron chi connectivity index (χ3n) is 2.66. The molecule has 2 aromatic rings. The van der Waals surface area contributed by atoms with Crippen molar-refractivity contribution in [2.45, 2.75) is 24.9 Å². The van der Waals surface area contributed by atoms with Crippen LogP contribution in [0.3, 0.4) is 0 Å². The highest BCUT2D eigenvalue weighted by atomic mass is 32.2. The third-order valence-corrected chi connectivity index (χ3v) is 4.02. The Morgan fingerprint density at radius 3 is 2.80 bits per heavy atom. The summed E-state index contributed by atoms with van der Waals surface area (Å²) in [6, 6.07) is 3.30. The van der Waals surface area contributed by atoms with Crippen LogP contribution in [0.5, 0.6) is 0 Å². The molecular formula is C12H16N4O3S. The summed E-state index contributed by atoms with van der Waals surface area (Å²) in [5, 5.41) is 2.74. The van der Waals surface area contributed by atoms with E-state index in [1.807, 2.05) is 6.92 Å². The summed E-state index contributed by atoms with van der Waals surface area (Å²) < 4.78 is 32.1. The van der Waals surface area contributed by atoms with Crippen molar-refractivity contribution in [3.63, 3.8) is 0 Å². The topological polar surface area (TPSA) is 97.1 Å². The van der Waals surface area contributed by atoms with E-state index >= 15 is 0 Å². The van der Waals surface area contributed by atoms with Gasteiger partial charge in [-0.25, -0.2) is 23.1 Å². The van der Waals surface area contributed by atoms with Gasteiger partial charge in [0, 0.05) is 19.7 Å². The molecular weight excluding hydrogens is 280 g/mol. The number of anilines is 1. The summed E-state index contributed by atoms with van der Waals surface area (Å²) in [5.74, 6) is 1.04. The van der Waals surface area contributed by atoms with Crippen molar-refractivity contribution in [2.75, 3.05) is 12.4 Å². The Balaban J connectivity index is 2.15. The molecule has 0 saturated heterocycles. The van der Waals surface area contributed by atoms with Crippen LogP contribution in [-0.4, -0.2) is 25.4 Å². The molecule has 0 amide bonds. The quantitative estimate of drug-likeness (QED) is 0.830. The number of oxazole rings is 1. The molecule has 0 aliphatic rings. The van der Waals surface area contributed by atoms with Gasteiger partial charge in [0.25, 0.3) is 10.0 Å². The highest BCUT2D eigenvalue weighted by molar-refractivity contribution is 7.89. The van der Waals surface area contributed by atoms with Crippen LogP contribution >= 0.6 is 0 Å². The van der Waals surface area contributed by atoms with Gasteiger partial charge in [-0.1, -0.05) is 6.92 Å². The molecule has 108 valence electrons. The van der Waals surface area contributed by atoms with Gasteiger partial charge in [-0.2, -0.15) is 0 Å². The zero-order valence-corrected chi connectivity index (χ0v) is 12.1. The van der Waals surface area contributed by atoms with Crippen molar-refractivity contribution in [3.8, 4) is 0 Å². The van der Waals surface area contributed by atoms with E-state index in [1.165, 1.54) is 6.20 Å². The van der Waals surface area contributed by atoms with E-state index in [-0.39, 0.29) is 11.6 Å². The summed E-state index contributed by atoms with van der Waals surface area (Å²) in [6.45, 7) is 1.92. The standard InChI is InChI=1S/C12H16N4O3S/c1-3-9-7-15-11(19-9)8-16-20(17,18)12-10(13-2)5-4-6-14-12/h4-7,13,16H,3,8H2,1-2H3. The van der Waals surface area contributed by atoms with Crippen molar-refractivity contribution in [2.24, 2.45) is 0 Å². The Kier molecular flexibility index (Phi) is 4.35. The molecule has 0 bridgehead atoms. The number of hydrogen-bond acceptors (Lipinski definition) is 6. The van der Waals surface area contributed by atoms with Crippen molar-refractivity contribution >= 4 is 15.7 Å². The zero-order chi connectivity index (χ0) is 14.6. The van der Waals surface area contributed by atoms with Gasteiger partial charge in [0.2, 0.25) is 5.89 Å². The maximum atomic E-state index is 12.2. The number of hydrogen-bond donors (Lipinski definition) is 2. The Morgan fingerprint density at radius 1 is 1.35 bits per heavy atom. The SMILES string of the molecule is CCc1cnc(CNS(=O)(=O)c2ncccc2NC)o1. The summed E-state index contributed by atoms with van der Waals surface area (Å²) in [6.07, 6.45) is 3.73. The average molecular weight is 296 g/mol. The number of aryl methyl sites for hydroxylation is 1. The van der Waals surface area contributed by atoms with Gasteiger partial charge < -0.3 is 9.73 Å². The fourth-order valence-corrected chi connectivity index (χ4v) is 2.72. The van der Waals surface area contributed by atoms with E-state index in [2.05, 4.69) is 20.0 Å². The van der Waals surface area contributed by atoms with E-state index < -0.39 is 10.0 Å². The Labute approximate surface area is 117 Å². The molecule has 0 radical (unpaired) electrons. The summed E-state index contributed by atoms with van der Waals surface area (Å²) in [4.78, 5) is 7.89. The first-order valence-electron chi connectivity index (χ1n) is 6.13. The molecule has 0 unspecified atom stereocenters. The van der Waals surface area contributed by atoms with Gasteiger partial charge in [-0.15, -0.1) is 0 Å². The lowest BCUT2D eigenvalue weighted by molar-refractivity contribution is 0.452. The zero-order valence-electron chi connectivity index (χ0n) is 11.3. The van der Waals surface area contributed by atoms with Crippen LogP contribution in [0.2, 0.25) is 0 Å². The van der Waals surface area contributed by atoms with Crippen LogP contribution < -0.4 is 10.0 Å². The summed E-state index contributed by atoms with van der Waals surface area (Å²) in [7, 11) is -2.09. The first-order valence-corrected chi connectivity index (χ1v) is 7.61. The van der Waals surface area contributed by atoms with Crippen LogP contribution in [0.15, 0.2) is 34.0 Å². The lowest BCUT2D eigenvalue weighted by Gasteiger charge is -2.08. The molecule has 0 aliphatic heterocycles. The molecule has 2 N–H and O–H groups in total. The number of pyridine rings is 1. The van der Waals surface area contributed by atoms with Crippen LogP contribution in [0, 0.1) is 0 Å². The molecule has 0 atom stereocenters. The third kappa shape index (κ3) is 3.14. The van der Waals surface area contributed by atoms with Gasteiger partial charge in [0.05, 0.1) is 18.4 Å². The molecule has 7 nitrogen and oxygen atoms in total. The second kappa shape index (κ2) is 6.02. The largest absolute Gasteiger partial charge is 0.444 e. The first kappa shape index (κ1) is 14.5. The van der Waals surface area contributed by atoms with E-state index in [1.54, 1.807) is 25.4 Å². The van der Waals surface area contributed by atoms with E-state index in [4.69, 9.17) is 4.42 Å². The fourth-order valence-electron chi connectivity index (χ4n) is 1.61. The molecule has 8 heteroatoms. The second-order valence-electron chi connectivity index (χ2n) is 4.00. The summed E-state index contributed by atoms with van der Waals surface area (Å²) >= 11 is 0. The van der Waals surface area contributed by atoms with Crippen LogP contribution in [-0.2, 0) is 23.0 Å². The monoisotopic (exact) mass is 296 g/mol. The Hall–Kier alpha value is -1.93. The van der Waals surface area contributed by atoms with E-state index in [0.29, 0.717) is 23.8 Å². The highest BCUT2D eigenvalue weighted by Crippen LogP contribution is 2.17. The molecule has 20 heavy (non-hydrogen) atoms. The smallest absolute Gasteiger partial charge is 0.260 e. The Morgan fingerprint density at radius 2 is 2.15 bits per heavy atom. The number of aromatic nitrogens is 2. The molecule has 2 heterocycles. The van der Waals surface area contributed by atoms with Gasteiger partial charge in [-0.3, -0.25) is 0 Å². The average Bonchev–Trinajstić information content (AvgIpc) is 2.93. The van der Waals surface area contributed by atoms with Gasteiger partial charge >= 0.3 is 0 Å². The number of sulfonamides is 1. The van der Waals surface area contributed by atoms with E-state index in [0.717, 1.165) is 0 Å². The van der Waals surface area contributed by atoms with Crippen molar-refractivity contribution in [1.82, 2.24) is 14.7 Å². The van der Waals surface area contributed by atoms with E-state index in [9.17, 15) is 8.42 Å². The maximum Gasteiger partial charge on any atom is 0.260 e. The lowest BCUT2D eigenvalue weighted by Crippen LogP contribution is -2.25. The molecule has 0 aliphatic carbocycles. The molecule has 0 fully saturated rings. The van der Waals surface area contributed by atoms with Gasteiger partial charge in [0.1, 0.15) is 5.76 Å². The predicted octanol–water partition coefficient (Wildman–Crippen LogP) is 1.15. The van der Waals surface area contributed by atoms with Crippen LogP contribution in [0.25, 0.3) is 0 Å². The minimum atomic E-state index is -3.72. The van der Waals surface area contributed by atoms with Gasteiger partial charge in [0.15, 0.2) is 5.03 Å². The predicted molar refractivity (Wildman–Crippen MR) is 73.7 cm³/mol.